The molecule has 1 aromatic carbocycles. The third-order valence-corrected chi connectivity index (χ3v) is 8.96. The number of Topliss-reactive ketones (excluding diaryl/α,β-unsaturated/α-hetero) is 1. The van der Waals surface area contributed by atoms with E-state index in [1.165, 1.54) is 18.1 Å². The summed E-state index contributed by atoms with van der Waals surface area (Å²) >= 11 is 0. The average molecular weight is 545 g/mol. The van der Waals surface area contributed by atoms with Crippen molar-refractivity contribution in [1.29, 1.82) is 0 Å². The van der Waals surface area contributed by atoms with Crippen molar-refractivity contribution in [3.05, 3.63) is 58.0 Å². The van der Waals surface area contributed by atoms with E-state index in [1.807, 2.05) is 24.6 Å². The molecule has 0 unspecified atom stereocenters. The molecule has 2 aliphatic heterocycles. The maximum absolute atomic E-state index is 15.1. The van der Waals surface area contributed by atoms with E-state index < -0.39 is 41.2 Å². The fraction of sp³-hybridized carbons (Fsp3) is 0.462. The second-order valence-electron chi connectivity index (χ2n) is 10.6. The highest BCUT2D eigenvalue weighted by molar-refractivity contribution is 7.88. The first kappa shape index (κ1) is 26.2. The van der Waals surface area contributed by atoms with Crippen molar-refractivity contribution in [2.24, 2.45) is 0 Å². The minimum Gasteiger partial charge on any atom is -0.481 e. The number of nitrogens with one attached hydrogen (secondary N) is 1. The Morgan fingerprint density at radius 2 is 2.00 bits per heavy atom. The molecule has 202 valence electrons. The van der Waals surface area contributed by atoms with Gasteiger partial charge in [0.05, 0.1) is 25.9 Å². The average Bonchev–Trinajstić information content (AvgIpc) is 3.30. The monoisotopic (exact) mass is 544 g/mol. The third-order valence-electron chi connectivity index (χ3n) is 7.53. The number of methoxy groups -OCH3 is 1. The van der Waals surface area contributed by atoms with Gasteiger partial charge in [0, 0.05) is 31.0 Å². The van der Waals surface area contributed by atoms with Gasteiger partial charge in [-0.1, -0.05) is 19.9 Å². The van der Waals surface area contributed by atoms with E-state index in [0.29, 0.717) is 34.7 Å². The maximum atomic E-state index is 15.1. The molecule has 12 heteroatoms. The number of halogens is 1. The highest BCUT2D eigenvalue weighted by Crippen LogP contribution is 2.41. The Bertz CT molecular complexity index is 1460. The van der Waals surface area contributed by atoms with Crippen molar-refractivity contribution in [1.82, 2.24) is 18.9 Å². The van der Waals surface area contributed by atoms with Crippen LogP contribution in [0.1, 0.15) is 54.3 Å². The van der Waals surface area contributed by atoms with Gasteiger partial charge in [0.25, 0.3) is 0 Å². The van der Waals surface area contributed by atoms with E-state index in [1.54, 1.807) is 12.1 Å². The van der Waals surface area contributed by atoms with E-state index in [4.69, 9.17) is 4.74 Å². The number of hydrogen-bond acceptors (Lipinski definition) is 7. The number of carbonyl (C=O) groups excluding carboxylic acids is 3. The van der Waals surface area contributed by atoms with E-state index in [9.17, 15) is 22.8 Å². The van der Waals surface area contributed by atoms with E-state index >= 15 is 4.39 Å². The van der Waals surface area contributed by atoms with Gasteiger partial charge in [-0.25, -0.2) is 14.1 Å². The zero-order valence-electron chi connectivity index (χ0n) is 21.4. The number of fused-ring (bicyclic) bond motifs is 2. The molecule has 0 bridgehead atoms. The SMILES string of the molecule is COc1ccc2c(n1)CCN(C(=O)CN1CC(=O)NS1(=O)=O)[C@H]2C(=O)Cc1cc(F)c2c(c1)CCC2(C)C. The lowest BCUT2D eigenvalue weighted by atomic mass is 9.85. The topological polar surface area (TPSA) is 126 Å². The molecule has 38 heavy (non-hydrogen) atoms. The number of aromatic nitrogens is 1. The van der Waals surface area contributed by atoms with Gasteiger partial charge < -0.3 is 9.64 Å². The fourth-order valence-electron chi connectivity index (χ4n) is 5.72. The van der Waals surface area contributed by atoms with Gasteiger partial charge in [-0.2, -0.15) is 12.7 Å². The van der Waals surface area contributed by atoms with Crippen LogP contribution in [0.4, 0.5) is 4.39 Å². The summed E-state index contributed by atoms with van der Waals surface area (Å²) in [5.41, 5.74) is 2.92. The molecule has 10 nitrogen and oxygen atoms in total. The largest absolute Gasteiger partial charge is 0.481 e. The summed E-state index contributed by atoms with van der Waals surface area (Å²) in [6, 6.07) is 5.47. The van der Waals surface area contributed by atoms with Gasteiger partial charge in [0.15, 0.2) is 5.78 Å². The molecule has 0 spiro atoms. The Hall–Kier alpha value is -3.38. The molecule has 3 aliphatic rings. The summed E-state index contributed by atoms with van der Waals surface area (Å²) in [6.45, 7) is 3.05. The van der Waals surface area contributed by atoms with E-state index in [0.717, 1.165) is 22.7 Å². The highest BCUT2D eigenvalue weighted by Gasteiger charge is 2.41. The molecule has 0 saturated carbocycles. The Labute approximate surface area is 220 Å². The zero-order valence-corrected chi connectivity index (χ0v) is 22.2. The van der Waals surface area contributed by atoms with Crippen molar-refractivity contribution >= 4 is 27.8 Å². The van der Waals surface area contributed by atoms with Crippen LogP contribution >= 0.6 is 0 Å². The van der Waals surface area contributed by atoms with Gasteiger partial charge >= 0.3 is 10.2 Å². The van der Waals surface area contributed by atoms with Crippen molar-refractivity contribution in [3.63, 3.8) is 0 Å². The lowest BCUT2D eigenvalue weighted by Gasteiger charge is -2.36. The Balaban J connectivity index is 1.46. The van der Waals surface area contributed by atoms with Crippen LogP contribution in [-0.4, -0.2) is 66.9 Å². The lowest BCUT2D eigenvalue weighted by molar-refractivity contribution is -0.140. The Morgan fingerprint density at radius 3 is 2.68 bits per heavy atom. The van der Waals surface area contributed by atoms with Crippen molar-refractivity contribution in [2.75, 3.05) is 26.7 Å². The van der Waals surface area contributed by atoms with Crippen molar-refractivity contribution in [2.45, 2.75) is 51.0 Å². The van der Waals surface area contributed by atoms with Gasteiger partial charge in [-0.05, 0) is 47.1 Å². The first-order valence-corrected chi connectivity index (χ1v) is 13.8. The smallest absolute Gasteiger partial charge is 0.304 e. The predicted molar refractivity (Wildman–Crippen MR) is 134 cm³/mol. The molecule has 2 amide bonds. The maximum Gasteiger partial charge on any atom is 0.304 e. The minimum absolute atomic E-state index is 0.115. The van der Waals surface area contributed by atoms with E-state index in [2.05, 4.69) is 4.98 Å². The number of rotatable bonds is 6. The standard InChI is InChI=1S/C26H29FN4O6S/c1-26(2)8-6-16-10-15(11-18(27)24(16)26)12-20(32)25-17-4-5-22(37-3)28-19(17)7-9-31(25)23(34)14-30-13-21(33)29-38(30,35)36/h4-5,10-11,25H,6-9,12-14H2,1-3H3,(H,29,33)/t25-/m1/s1. The second kappa shape index (κ2) is 9.42. The van der Waals surface area contributed by atoms with Gasteiger partial charge in [0.1, 0.15) is 11.9 Å². The van der Waals surface area contributed by atoms with Crippen LogP contribution in [0.3, 0.4) is 0 Å². The van der Waals surface area contributed by atoms with E-state index in [-0.39, 0.29) is 30.0 Å². The molecule has 1 atom stereocenters. The number of pyridine rings is 1. The summed E-state index contributed by atoms with van der Waals surface area (Å²) in [5.74, 6) is -1.67. The molecular weight excluding hydrogens is 515 g/mol. The van der Waals surface area contributed by atoms with Crippen LogP contribution in [-0.2, 0) is 49.3 Å². The number of ether oxygens (including phenoxy) is 1. The normalized spacial score (nSPS) is 21.5. The molecule has 0 radical (unpaired) electrons. The molecule has 3 heterocycles. The fourth-order valence-corrected chi connectivity index (χ4v) is 6.76. The number of benzene rings is 1. The molecule has 1 aromatic heterocycles. The quantitative estimate of drug-likeness (QED) is 0.582. The van der Waals surface area contributed by atoms with Crippen LogP contribution in [0.25, 0.3) is 0 Å². The summed E-state index contributed by atoms with van der Waals surface area (Å²) in [6.07, 6.45) is 1.75. The number of carbonyl (C=O) groups is 3. The summed E-state index contributed by atoms with van der Waals surface area (Å²) in [4.78, 5) is 44.5. The van der Waals surface area contributed by atoms with Crippen LogP contribution in [0, 0.1) is 5.82 Å². The second-order valence-corrected chi connectivity index (χ2v) is 12.2. The molecular formula is C26H29FN4O6S. The summed E-state index contributed by atoms with van der Waals surface area (Å²) in [5, 5.41) is 0. The first-order chi connectivity index (χ1) is 17.9. The number of ketones is 1. The lowest BCUT2D eigenvalue weighted by Crippen LogP contribution is -2.48. The number of aryl methyl sites for hydroxylation is 1. The molecule has 1 aliphatic carbocycles. The highest BCUT2D eigenvalue weighted by atomic mass is 32.2. The zero-order chi connectivity index (χ0) is 27.4. The van der Waals surface area contributed by atoms with Gasteiger partial charge in [-0.15, -0.1) is 0 Å². The van der Waals surface area contributed by atoms with Gasteiger partial charge in [0.2, 0.25) is 17.7 Å². The number of amides is 2. The number of hydrogen-bond donors (Lipinski definition) is 1. The molecule has 1 fully saturated rings. The minimum atomic E-state index is -4.12. The number of nitrogens with zero attached hydrogens (tertiary/aromatic N) is 3. The van der Waals surface area contributed by atoms with Crippen LogP contribution in [0.2, 0.25) is 0 Å². The predicted octanol–water partition coefficient (Wildman–Crippen LogP) is 1.37. The van der Waals surface area contributed by atoms with Crippen molar-refractivity contribution in [3.8, 4) is 5.88 Å². The van der Waals surface area contributed by atoms with Crippen LogP contribution in [0.15, 0.2) is 24.3 Å². The third kappa shape index (κ3) is 4.66. The summed E-state index contributed by atoms with van der Waals surface area (Å²) < 4.78 is 47.3. The van der Waals surface area contributed by atoms with Crippen LogP contribution in [0.5, 0.6) is 5.88 Å². The Kier molecular flexibility index (Phi) is 6.50. The van der Waals surface area contributed by atoms with Crippen molar-refractivity contribution < 1.29 is 31.9 Å². The van der Waals surface area contributed by atoms with Gasteiger partial charge in [-0.3, -0.25) is 14.4 Å². The van der Waals surface area contributed by atoms with Crippen LogP contribution < -0.4 is 9.46 Å². The molecule has 2 aromatic rings. The summed E-state index contributed by atoms with van der Waals surface area (Å²) in [7, 11) is -2.64. The molecule has 1 N–H and O–H groups in total. The molecule has 1 saturated heterocycles. The first-order valence-electron chi connectivity index (χ1n) is 12.4. The molecule has 5 rings (SSSR count). The Morgan fingerprint density at radius 1 is 1.24 bits per heavy atom.